The molecule has 2 aliphatic heterocycles. The van der Waals surface area contributed by atoms with E-state index in [1.165, 1.54) is 4.88 Å². The first-order valence-corrected chi connectivity index (χ1v) is 6.70. The number of rotatable bonds is 1. The molecule has 0 saturated carbocycles. The second-order valence-electron chi connectivity index (χ2n) is 4.04. The van der Waals surface area contributed by atoms with Crippen molar-refractivity contribution >= 4 is 27.3 Å². The van der Waals surface area contributed by atoms with E-state index >= 15 is 0 Å². The zero-order chi connectivity index (χ0) is 10.3. The molecular weight excluding hydrogens is 278 g/mol. The van der Waals surface area contributed by atoms with Crippen LogP contribution in [0.15, 0.2) is 15.9 Å². The van der Waals surface area contributed by atoms with Crippen molar-refractivity contribution in [3.63, 3.8) is 0 Å². The number of fused-ring (bicyclic) bond motifs is 1. The van der Waals surface area contributed by atoms with Gasteiger partial charge in [0.15, 0.2) is 0 Å². The topological polar surface area (TPSA) is 30.5 Å². The minimum atomic E-state index is -0.00502. The van der Waals surface area contributed by atoms with E-state index < -0.39 is 0 Å². The average molecular weight is 290 g/mol. The van der Waals surface area contributed by atoms with Crippen molar-refractivity contribution in [3.05, 3.63) is 20.8 Å². The van der Waals surface area contributed by atoms with Gasteiger partial charge in [0.2, 0.25) is 0 Å². The van der Waals surface area contributed by atoms with Gasteiger partial charge in [0.25, 0.3) is 0 Å². The molecule has 0 bridgehead atoms. The first-order valence-electron chi connectivity index (χ1n) is 5.02. The van der Waals surface area contributed by atoms with Gasteiger partial charge in [-0.2, -0.15) is 5.48 Å². The Hall–Kier alpha value is 0.0600. The van der Waals surface area contributed by atoms with Crippen LogP contribution < -0.4 is 5.48 Å². The van der Waals surface area contributed by atoms with E-state index in [-0.39, 0.29) is 5.54 Å². The van der Waals surface area contributed by atoms with Crippen LogP contribution in [0.4, 0.5) is 0 Å². The smallest absolute Gasteiger partial charge is 0.0867 e. The molecule has 0 aliphatic carbocycles. The number of hydroxylamine groups is 1. The minimum absolute atomic E-state index is 0.00502. The van der Waals surface area contributed by atoms with Crippen LogP contribution in [-0.4, -0.2) is 19.8 Å². The van der Waals surface area contributed by atoms with Crippen molar-refractivity contribution in [2.24, 2.45) is 5.92 Å². The van der Waals surface area contributed by atoms with Crippen LogP contribution in [0, 0.1) is 5.92 Å². The summed E-state index contributed by atoms with van der Waals surface area (Å²) in [4.78, 5) is 6.77. The summed E-state index contributed by atoms with van der Waals surface area (Å²) in [5.74, 6) is 0.441. The molecule has 2 saturated heterocycles. The maximum absolute atomic E-state index is 5.51. The predicted molar refractivity (Wildman–Crippen MR) is 61.7 cm³/mol. The fraction of sp³-hybridized carbons (Fsp3) is 0.600. The molecule has 0 radical (unpaired) electrons. The Morgan fingerprint density at radius 1 is 1.53 bits per heavy atom. The molecule has 3 nitrogen and oxygen atoms in total. The molecule has 5 heteroatoms. The van der Waals surface area contributed by atoms with E-state index in [1.54, 1.807) is 11.3 Å². The van der Waals surface area contributed by atoms with E-state index in [9.17, 15) is 0 Å². The SMILES string of the molecule is Brc1csc(C23CCOCC2CON3)c1. The molecular formula is C10H12BrNO2S. The summed E-state index contributed by atoms with van der Waals surface area (Å²) in [5, 5.41) is 2.12. The van der Waals surface area contributed by atoms with Crippen LogP contribution in [0.25, 0.3) is 0 Å². The van der Waals surface area contributed by atoms with Gasteiger partial charge in [0.05, 0.1) is 18.8 Å². The van der Waals surface area contributed by atoms with E-state index in [0.717, 1.165) is 30.7 Å². The van der Waals surface area contributed by atoms with Crippen LogP contribution >= 0.6 is 27.3 Å². The van der Waals surface area contributed by atoms with Crippen molar-refractivity contribution < 1.29 is 9.57 Å². The van der Waals surface area contributed by atoms with Gasteiger partial charge in [0.1, 0.15) is 0 Å². The maximum atomic E-state index is 5.51. The molecule has 3 rings (SSSR count). The molecule has 15 heavy (non-hydrogen) atoms. The highest BCUT2D eigenvalue weighted by Crippen LogP contribution is 2.43. The Labute approximate surface area is 101 Å². The van der Waals surface area contributed by atoms with Gasteiger partial charge in [-0.3, -0.25) is 0 Å². The van der Waals surface area contributed by atoms with Gasteiger partial charge in [-0.05, 0) is 28.4 Å². The monoisotopic (exact) mass is 289 g/mol. The van der Waals surface area contributed by atoms with Crippen molar-refractivity contribution in [3.8, 4) is 0 Å². The van der Waals surface area contributed by atoms with Crippen LogP contribution in [-0.2, 0) is 15.1 Å². The van der Waals surface area contributed by atoms with Crippen molar-refractivity contribution in [2.75, 3.05) is 19.8 Å². The molecule has 0 aromatic carbocycles. The Balaban J connectivity index is 1.99. The fourth-order valence-corrected chi connectivity index (χ4v) is 4.01. The van der Waals surface area contributed by atoms with Crippen molar-refractivity contribution in [2.45, 2.75) is 12.0 Å². The van der Waals surface area contributed by atoms with Crippen LogP contribution in [0.1, 0.15) is 11.3 Å². The zero-order valence-electron chi connectivity index (χ0n) is 8.16. The highest BCUT2D eigenvalue weighted by Gasteiger charge is 2.48. The molecule has 0 amide bonds. The molecule has 2 unspecified atom stereocenters. The largest absolute Gasteiger partial charge is 0.381 e. The fourth-order valence-electron chi connectivity index (χ4n) is 2.32. The lowest BCUT2D eigenvalue weighted by atomic mass is 9.81. The highest BCUT2D eigenvalue weighted by atomic mass is 79.9. The molecule has 1 aromatic heterocycles. The van der Waals surface area contributed by atoms with Crippen molar-refractivity contribution in [1.82, 2.24) is 5.48 Å². The standard InChI is InChI=1S/C10H12BrNO2S/c11-8-3-9(15-6-8)10-1-2-13-4-7(10)5-14-12-10/h3,6-7,12H,1-2,4-5H2. The quantitative estimate of drug-likeness (QED) is 0.860. The zero-order valence-corrected chi connectivity index (χ0v) is 10.6. The summed E-state index contributed by atoms with van der Waals surface area (Å²) in [5.41, 5.74) is 3.21. The predicted octanol–water partition coefficient (Wildman–Crippen LogP) is 2.28. The van der Waals surface area contributed by atoms with Crippen LogP contribution in [0.5, 0.6) is 0 Å². The second-order valence-corrected chi connectivity index (χ2v) is 5.86. The second kappa shape index (κ2) is 3.82. The molecule has 0 spiro atoms. The van der Waals surface area contributed by atoms with Crippen LogP contribution in [0.3, 0.4) is 0 Å². The molecule has 2 atom stereocenters. The lowest BCUT2D eigenvalue weighted by molar-refractivity contribution is 0.00133. The Morgan fingerprint density at radius 3 is 3.27 bits per heavy atom. The number of ether oxygens (including phenoxy) is 1. The summed E-state index contributed by atoms with van der Waals surface area (Å²) >= 11 is 5.28. The van der Waals surface area contributed by atoms with Gasteiger partial charge in [0, 0.05) is 27.3 Å². The lowest BCUT2D eigenvalue weighted by Crippen LogP contribution is -2.46. The first-order chi connectivity index (χ1) is 7.31. The Kier molecular flexibility index (Phi) is 2.60. The first kappa shape index (κ1) is 10.2. The molecule has 3 heterocycles. The molecule has 2 aliphatic rings. The summed E-state index contributed by atoms with van der Waals surface area (Å²) in [6.07, 6.45) is 0.991. The van der Waals surface area contributed by atoms with E-state index in [4.69, 9.17) is 9.57 Å². The number of nitrogens with one attached hydrogen (secondary N) is 1. The summed E-state index contributed by atoms with van der Waals surface area (Å²) in [7, 11) is 0. The third-order valence-electron chi connectivity index (χ3n) is 3.20. The lowest BCUT2D eigenvalue weighted by Gasteiger charge is -2.36. The normalized spacial score (nSPS) is 35.4. The van der Waals surface area contributed by atoms with E-state index in [1.807, 2.05) is 0 Å². The Bertz CT molecular complexity index is 370. The van der Waals surface area contributed by atoms with Gasteiger partial charge >= 0.3 is 0 Å². The number of hydrogen-bond donors (Lipinski definition) is 1. The van der Waals surface area contributed by atoms with Gasteiger partial charge in [-0.25, -0.2) is 0 Å². The Morgan fingerprint density at radius 2 is 2.47 bits per heavy atom. The third-order valence-corrected chi connectivity index (χ3v) is 5.07. The number of thiophene rings is 1. The minimum Gasteiger partial charge on any atom is -0.381 e. The number of halogens is 1. The van der Waals surface area contributed by atoms with E-state index in [0.29, 0.717) is 5.92 Å². The molecule has 2 fully saturated rings. The summed E-state index contributed by atoms with van der Waals surface area (Å²) < 4.78 is 6.66. The molecule has 1 N–H and O–H groups in total. The summed E-state index contributed by atoms with van der Waals surface area (Å²) in [6.45, 7) is 2.35. The highest BCUT2D eigenvalue weighted by molar-refractivity contribution is 9.10. The molecule has 82 valence electrons. The maximum Gasteiger partial charge on any atom is 0.0867 e. The van der Waals surface area contributed by atoms with Gasteiger partial charge < -0.3 is 9.57 Å². The number of hydrogen-bond acceptors (Lipinski definition) is 4. The summed E-state index contributed by atoms with van der Waals surface area (Å²) in [6, 6.07) is 2.19. The van der Waals surface area contributed by atoms with Gasteiger partial charge in [-0.1, -0.05) is 0 Å². The van der Waals surface area contributed by atoms with Crippen LogP contribution in [0.2, 0.25) is 0 Å². The van der Waals surface area contributed by atoms with Crippen molar-refractivity contribution in [1.29, 1.82) is 0 Å². The van der Waals surface area contributed by atoms with Gasteiger partial charge in [-0.15, -0.1) is 11.3 Å². The average Bonchev–Trinajstić information content (AvgIpc) is 2.83. The molecule has 1 aromatic rings. The van der Waals surface area contributed by atoms with E-state index in [2.05, 4.69) is 32.9 Å². The third kappa shape index (κ3) is 1.57.